The van der Waals surface area contributed by atoms with E-state index in [-0.39, 0.29) is 23.6 Å². The van der Waals surface area contributed by atoms with Gasteiger partial charge in [-0.25, -0.2) is 4.68 Å². The van der Waals surface area contributed by atoms with Crippen LogP contribution in [0.15, 0.2) is 23.1 Å². The molecular weight excluding hydrogens is 308 g/mol. The summed E-state index contributed by atoms with van der Waals surface area (Å²) in [5.41, 5.74) is 1.30. The summed E-state index contributed by atoms with van der Waals surface area (Å²) in [5.74, 6) is 0.327. The van der Waals surface area contributed by atoms with Crippen LogP contribution in [0.3, 0.4) is 0 Å². The predicted molar refractivity (Wildman–Crippen MR) is 85.6 cm³/mol. The SMILES string of the molecule is O=C(NC1CCC(n2nc(C3CC3)ccc2=O)CC1)c1cn[nH]n1. The number of nitrogens with one attached hydrogen (secondary N) is 2. The van der Waals surface area contributed by atoms with Crippen molar-refractivity contribution in [1.82, 2.24) is 30.5 Å². The molecule has 8 nitrogen and oxygen atoms in total. The molecular formula is C16H20N6O2. The second-order valence-electron chi connectivity index (χ2n) is 6.65. The van der Waals surface area contributed by atoms with Crippen LogP contribution in [0.2, 0.25) is 0 Å². The number of aromatic nitrogens is 5. The van der Waals surface area contributed by atoms with E-state index in [0.29, 0.717) is 11.6 Å². The van der Waals surface area contributed by atoms with Crippen LogP contribution in [0.25, 0.3) is 0 Å². The quantitative estimate of drug-likeness (QED) is 0.876. The summed E-state index contributed by atoms with van der Waals surface area (Å²) in [6, 6.07) is 3.73. The van der Waals surface area contributed by atoms with Gasteiger partial charge in [0, 0.05) is 18.0 Å². The summed E-state index contributed by atoms with van der Waals surface area (Å²) in [6.07, 6.45) is 7.09. The summed E-state index contributed by atoms with van der Waals surface area (Å²) in [7, 11) is 0. The number of hydrogen-bond acceptors (Lipinski definition) is 5. The van der Waals surface area contributed by atoms with Crippen LogP contribution in [0.1, 0.15) is 66.7 Å². The number of amides is 1. The van der Waals surface area contributed by atoms with Crippen molar-refractivity contribution >= 4 is 5.91 Å². The second kappa shape index (κ2) is 6.18. The zero-order chi connectivity index (χ0) is 16.5. The maximum atomic E-state index is 12.1. The van der Waals surface area contributed by atoms with Crippen molar-refractivity contribution in [1.29, 1.82) is 0 Å². The molecule has 0 atom stereocenters. The molecule has 2 N–H and O–H groups in total. The number of carbonyl (C=O) groups is 1. The van der Waals surface area contributed by atoms with E-state index in [1.165, 1.54) is 19.0 Å². The molecule has 0 unspecified atom stereocenters. The highest BCUT2D eigenvalue weighted by Crippen LogP contribution is 2.38. The first-order valence-corrected chi connectivity index (χ1v) is 8.47. The van der Waals surface area contributed by atoms with Crippen LogP contribution < -0.4 is 10.9 Å². The highest BCUT2D eigenvalue weighted by molar-refractivity contribution is 5.91. The number of rotatable bonds is 4. The monoisotopic (exact) mass is 328 g/mol. The van der Waals surface area contributed by atoms with E-state index in [1.54, 1.807) is 10.7 Å². The molecule has 2 aromatic heterocycles. The fourth-order valence-corrected chi connectivity index (χ4v) is 3.33. The fraction of sp³-hybridized carbons (Fsp3) is 0.562. The van der Waals surface area contributed by atoms with E-state index in [4.69, 9.17) is 0 Å². The van der Waals surface area contributed by atoms with Gasteiger partial charge < -0.3 is 5.32 Å². The van der Waals surface area contributed by atoms with Gasteiger partial charge in [-0.2, -0.15) is 20.5 Å². The molecule has 1 amide bonds. The Hall–Kier alpha value is -2.51. The first-order valence-electron chi connectivity index (χ1n) is 8.47. The molecule has 2 aliphatic carbocycles. The third-order valence-corrected chi connectivity index (χ3v) is 4.87. The van der Waals surface area contributed by atoms with Crippen molar-refractivity contribution in [3.8, 4) is 0 Å². The van der Waals surface area contributed by atoms with Crippen molar-refractivity contribution in [2.75, 3.05) is 0 Å². The molecule has 2 fully saturated rings. The zero-order valence-corrected chi connectivity index (χ0v) is 13.3. The van der Waals surface area contributed by atoms with Gasteiger partial charge in [0.05, 0.1) is 17.9 Å². The topological polar surface area (TPSA) is 106 Å². The smallest absolute Gasteiger partial charge is 0.273 e. The van der Waals surface area contributed by atoms with E-state index in [2.05, 4.69) is 25.8 Å². The van der Waals surface area contributed by atoms with Crippen molar-refractivity contribution in [2.24, 2.45) is 0 Å². The van der Waals surface area contributed by atoms with Gasteiger partial charge in [0.2, 0.25) is 0 Å². The van der Waals surface area contributed by atoms with Crippen molar-refractivity contribution in [3.05, 3.63) is 40.1 Å². The Morgan fingerprint density at radius 2 is 1.96 bits per heavy atom. The van der Waals surface area contributed by atoms with Gasteiger partial charge in [-0.3, -0.25) is 9.59 Å². The van der Waals surface area contributed by atoms with Gasteiger partial charge in [0.15, 0.2) is 5.69 Å². The summed E-state index contributed by atoms with van der Waals surface area (Å²) in [5, 5.41) is 17.4. The van der Waals surface area contributed by atoms with Gasteiger partial charge >= 0.3 is 0 Å². The summed E-state index contributed by atoms with van der Waals surface area (Å²) < 4.78 is 1.66. The Morgan fingerprint density at radius 1 is 1.17 bits per heavy atom. The van der Waals surface area contributed by atoms with Crippen LogP contribution in [0, 0.1) is 0 Å². The Kier molecular flexibility index (Phi) is 3.87. The molecule has 24 heavy (non-hydrogen) atoms. The largest absolute Gasteiger partial charge is 0.348 e. The first kappa shape index (κ1) is 15.0. The van der Waals surface area contributed by atoms with E-state index < -0.39 is 0 Å². The molecule has 2 heterocycles. The maximum Gasteiger partial charge on any atom is 0.273 e. The third-order valence-electron chi connectivity index (χ3n) is 4.87. The Morgan fingerprint density at radius 3 is 2.62 bits per heavy atom. The third kappa shape index (κ3) is 3.08. The molecule has 2 aromatic rings. The lowest BCUT2D eigenvalue weighted by Gasteiger charge is -2.29. The van der Waals surface area contributed by atoms with Gasteiger partial charge in [0.1, 0.15) is 0 Å². The average Bonchev–Trinajstić information content (AvgIpc) is 3.30. The van der Waals surface area contributed by atoms with E-state index in [9.17, 15) is 9.59 Å². The molecule has 0 radical (unpaired) electrons. The van der Waals surface area contributed by atoms with Gasteiger partial charge in [-0.05, 0) is 44.6 Å². The summed E-state index contributed by atoms with van der Waals surface area (Å²) in [4.78, 5) is 24.1. The van der Waals surface area contributed by atoms with Crippen LogP contribution in [0.5, 0.6) is 0 Å². The van der Waals surface area contributed by atoms with Crippen LogP contribution in [-0.4, -0.2) is 37.1 Å². The van der Waals surface area contributed by atoms with Crippen LogP contribution in [0.4, 0.5) is 0 Å². The number of aromatic amines is 1. The molecule has 2 saturated carbocycles. The Balaban J connectivity index is 1.38. The molecule has 0 spiro atoms. The van der Waals surface area contributed by atoms with Gasteiger partial charge in [0.25, 0.3) is 11.5 Å². The maximum absolute atomic E-state index is 12.1. The lowest BCUT2D eigenvalue weighted by molar-refractivity contribution is 0.0916. The minimum atomic E-state index is -0.210. The molecule has 8 heteroatoms. The van der Waals surface area contributed by atoms with Crippen molar-refractivity contribution in [2.45, 2.75) is 56.5 Å². The number of H-pyrrole nitrogens is 1. The van der Waals surface area contributed by atoms with Crippen molar-refractivity contribution in [3.63, 3.8) is 0 Å². The molecule has 0 saturated heterocycles. The Labute approximate surface area is 138 Å². The summed E-state index contributed by atoms with van der Waals surface area (Å²) in [6.45, 7) is 0. The lowest BCUT2D eigenvalue weighted by atomic mass is 9.91. The molecule has 0 aromatic carbocycles. The minimum Gasteiger partial charge on any atom is -0.348 e. The second-order valence-corrected chi connectivity index (χ2v) is 6.65. The molecule has 2 aliphatic rings. The van der Waals surface area contributed by atoms with E-state index in [0.717, 1.165) is 31.4 Å². The van der Waals surface area contributed by atoms with Gasteiger partial charge in [-0.1, -0.05) is 0 Å². The Bertz CT molecular complexity index is 772. The number of carbonyl (C=O) groups excluding carboxylic acids is 1. The fourth-order valence-electron chi connectivity index (χ4n) is 3.33. The standard InChI is InChI=1S/C16H20N6O2/c23-15-8-7-13(10-1-2-10)20-22(15)12-5-3-11(4-6-12)18-16(24)14-9-17-21-19-14/h7-12H,1-6H2,(H,18,24)(H,17,19,21). The molecule has 0 aliphatic heterocycles. The minimum absolute atomic E-state index is 0.0329. The van der Waals surface area contributed by atoms with Crippen molar-refractivity contribution < 1.29 is 4.79 Å². The van der Waals surface area contributed by atoms with Crippen LogP contribution >= 0.6 is 0 Å². The average molecular weight is 328 g/mol. The number of hydrogen-bond donors (Lipinski definition) is 2. The number of nitrogens with zero attached hydrogens (tertiary/aromatic N) is 4. The predicted octanol–water partition coefficient (Wildman–Crippen LogP) is 1.15. The molecule has 4 rings (SSSR count). The van der Waals surface area contributed by atoms with Gasteiger partial charge in [-0.15, -0.1) is 0 Å². The zero-order valence-electron chi connectivity index (χ0n) is 13.3. The van der Waals surface area contributed by atoms with E-state index in [1.807, 2.05) is 6.07 Å². The van der Waals surface area contributed by atoms with E-state index >= 15 is 0 Å². The summed E-state index contributed by atoms with van der Waals surface area (Å²) >= 11 is 0. The molecule has 126 valence electrons. The lowest BCUT2D eigenvalue weighted by Crippen LogP contribution is -2.39. The molecule has 0 bridgehead atoms. The highest BCUT2D eigenvalue weighted by Gasteiger charge is 2.28. The normalized spacial score (nSPS) is 23.8. The first-order chi connectivity index (χ1) is 11.7. The highest BCUT2D eigenvalue weighted by atomic mass is 16.2. The van der Waals surface area contributed by atoms with Crippen LogP contribution in [-0.2, 0) is 0 Å².